The lowest BCUT2D eigenvalue weighted by Crippen LogP contribution is -1.98. The van der Waals surface area contributed by atoms with Gasteiger partial charge in [0.1, 0.15) is 5.76 Å². The maximum Gasteiger partial charge on any atom is 0.373 e. The van der Waals surface area contributed by atoms with Crippen molar-refractivity contribution >= 4 is 21.9 Å². The number of carbonyl (C=O) groups is 1. The van der Waals surface area contributed by atoms with Crippen molar-refractivity contribution in [1.82, 2.24) is 0 Å². The number of carbonyl (C=O) groups excluding carboxylic acids is 1. The number of halogens is 1. The first-order valence-electron chi connectivity index (χ1n) is 4.01. The highest BCUT2D eigenvalue weighted by atomic mass is 79.9. The van der Waals surface area contributed by atoms with E-state index in [1.807, 2.05) is 6.92 Å². The molecule has 1 rings (SSSR count). The molecule has 1 heterocycles. The fraction of sp³-hybridized carbons (Fsp3) is 0.444. The van der Waals surface area contributed by atoms with Gasteiger partial charge in [-0.05, 0) is 18.6 Å². The molecule has 1 aromatic rings. The van der Waals surface area contributed by atoms with Crippen LogP contribution in [-0.4, -0.2) is 13.1 Å². The first kappa shape index (κ1) is 10.3. The van der Waals surface area contributed by atoms with E-state index >= 15 is 0 Å². The first-order chi connectivity index (χ1) is 6.19. The minimum atomic E-state index is -0.443. The summed E-state index contributed by atoms with van der Waals surface area (Å²) < 4.78 is 9.78. The van der Waals surface area contributed by atoms with Crippen molar-refractivity contribution in [1.29, 1.82) is 0 Å². The number of alkyl halides is 1. The van der Waals surface area contributed by atoms with Crippen LogP contribution in [-0.2, 0) is 4.74 Å². The van der Waals surface area contributed by atoms with E-state index in [-0.39, 0.29) is 10.6 Å². The van der Waals surface area contributed by atoms with Gasteiger partial charge in [0.2, 0.25) is 5.76 Å². The fourth-order valence-corrected chi connectivity index (χ4v) is 1.18. The molecule has 72 valence electrons. The SMILES string of the molecule is CCC(Br)c1ccc(C(=O)OC)o1. The maximum atomic E-state index is 11.0. The number of methoxy groups -OCH3 is 1. The molecule has 4 heteroatoms. The van der Waals surface area contributed by atoms with Crippen molar-refractivity contribution < 1.29 is 13.9 Å². The average molecular weight is 247 g/mol. The molecule has 0 aromatic carbocycles. The highest BCUT2D eigenvalue weighted by Crippen LogP contribution is 2.27. The molecule has 0 spiro atoms. The Morgan fingerprint density at radius 2 is 2.38 bits per heavy atom. The van der Waals surface area contributed by atoms with Gasteiger partial charge in [0.25, 0.3) is 0 Å². The van der Waals surface area contributed by atoms with Gasteiger partial charge in [-0.25, -0.2) is 4.79 Å². The molecule has 0 radical (unpaired) electrons. The second-order valence-electron chi connectivity index (χ2n) is 2.57. The average Bonchev–Trinajstić information content (AvgIpc) is 2.64. The number of furan rings is 1. The van der Waals surface area contributed by atoms with E-state index in [1.165, 1.54) is 7.11 Å². The van der Waals surface area contributed by atoms with Crippen molar-refractivity contribution in [3.63, 3.8) is 0 Å². The molecule has 1 aromatic heterocycles. The van der Waals surface area contributed by atoms with Crippen molar-refractivity contribution in [3.05, 3.63) is 23.7 Å². The van der Waals surface area contributed by atoms with Gasteiger partial charge in [0, 0.05) is 0 Å². The molecular weight excluding hydrogens is 236 g/mol. The van der Waals surface area contributed by atoms with Gasteiger partial charge in [-0.3, -0.25) is 0 Å². The predicted molar refractivity (Wildman–Crippen MR) is 52.0 cm³/mol. The summed E-state index contributed by atoms with van der Waals surface area (Å²) in [6, 6.07) is 3.39. The molecule has 0 aliphatic rings. The number of rotatable bonds is 3. The molecule has 0 fully saturated rings. The second-order valence-corrected chi connectivity index (χ2v) is 3.67. The molecule has 1 unspecified atom stereocenters. The molecule has 0 amide bonds. The lowest BCUT2D eigenvalue weighted by atomic mass is 10.3. The van der Waals surface area contributed by atoms with Gasteiger partial charge >= 0.3 is 5.97 Å². The molecule has 0 saturated heterocycles. The lowest BCUT2D eigenvalue weighted by Gasteiger charge is -2.00. The number of hydrogen-bond donors (Lipinski definition) is 0. The summed E-state index contributed by atoms with van der Waals surface area (Å²) in [6.07, 6.45) is 0.911. The molecule has 0 bridgehead atoms. The van der Waals surface area contributed by atoms with Crippen LogP contribution in [0.5, 0.6) is 0 Å². The van der Waals surface area contributed by atoms with Crippen LogP contribution < -0.4 is 0 Å². The van der Waals surface area contributed by atoms with Gasteiger partial charge in [-0.2, -0.15) is 0 Å². The topological polar surface area (TPSA) is 39.4 Å². The van der Waals surface area contributed by atoms with Gasteiger partial charge in [-0.15, -0.1) is 0 Å². The van der Waals surface area contributed by atoms with Crippen molar-refractivity contribution in [2.75, 3.05) is 7.11 Å². The third kappa shape index (κ3) is 2.34. The van der Waals surface area contributed by atoms with E-state index in [1.54, 1.807) is 12.1 Å². The highest BCUT2D eigenvalue weighted by Gasteiger charge is 2.14. The standard InChI is InChI=1S/C9H11BrO3/c1-3-6(10)7-4-5-8(13-7)9(11)12-2/h4-6H,3H2,1-2H3. The fourth-order valence-electron chi connectivity index (χ4n) is 0.933. The van der Waals surface area contributed by atoms with Gasteiger partial charge in [-0.1, -0.05) is 22.9 Å². The normalized spacial score (nSPS) is 12.5. The highest BCUT2D eigenvalue weighted by molar-refractivity contribution is 9.09. The largest absolute Gasteiger partial charge is 0.463 e. The number of ether oxygens (including phenoxy) is 1. The molecular formula is C9H11BrO3. The Morgan fingerprint density at radius 1 is 1.69 bits per heavy atom. The lowest BCUT2D eigenvalue weighted by molar-refractivity contribution is 0.0563. The van der Waals surface area contributed by atoms with Crippen molar-refractivity contribution in [2.45, 2.75) is 18.2 Å². The summed E-state index contributed by atoms with van der Waals surface area (Å²) in [5, 5.41) is 0. The van der Waals surface area contributed by atoms with Gasteiger partial charge in [0.05, 0.1) is 11.9 Å². The van der Waals surface area contributed by atoms with Crippen LogP contribution in [0.25, 0.3) is 0 Å². The minimum absolute atomic E-state index is 0.158. The molecule has 1 atom stereocenters. The summed E-state index contributed by atoms with van der Waals surface area (Å²) >= 11 is 3.42. The Balaban J connectivity index is 2.80. The van der Waals surface area contributed by atoms with E-state index in [9.17, 15) is 4.79 Å². The molecule has 0 N–H and O–H groups in total. The zero-order valence-corrected chi connectivity index (χ0v) is 9.13. The van der Waals surface area contributed by atoms with Gasteiger partial charge in [0.15, 0.2) is 0 Å². The Morgan fingerprint density at radius 3 is 2.92 bits per heavy atom. The smallest absolute Gasteiger partial charge is 0.373 e. The van der Waals surface area contributed by atoms with Crippen LogP contribution in [0.2, 0.25) is 0 Å². The Labute approximate surface area is 85.2 Å². The van der Waals surface area contributed by atoms with Crippen LogP contribution in [0, 0.1) is 0 Å². The summed E-state index contributed by atoms with van der Waals surface area (Å²) in [5.41, 5.74) is 0. The van der Waals surface area contributed by atoms with Crippen molar-refractivity contribution in [2.24, 2.45) is 0 Å². The van der Waals surface area contributed by atoms with Crippen LogP contribution in [0.3, 0.4) is 0 Å². The Kier molecular flexibility index (Phi) is 3.54. The molecule has 0 aliphatic carbocycles. The van der Waals surface area contributed by atoms with Crippen LogP contribution in [0.1, 0.15) is 34.5 Å². The summed E-state index contributed by atoms with van der Waals surface area (Å²) in [4.78, 5) is 11.2. The van der Waals surface area contributed by atoms with Crippen molar-refractivity contribution in [3.8, 4) is 0 Å². The predicted octanol–water partition coefficient (Wildman–Crippen LogP) is 2.91. The van der Waals surface area contributed by atoms with E-state index in [2.05, 4.69) is 20.7 Å². The molecule has 0 aliphatic heterocycles. The van der Waals surface area contributed by atoms with Crippen LogP contribution in [0.15, 0.2) is 16.5 Å². The minimum Gasteiger partial charge on any atom is -0.463 e. The first-order valence-corrected chi connectivity index (χ1v) is 4.92. The quantitative estimate of drug-likeness (QED) is 0.609. The van der Waals surface area contributed by atoms with E-state index in [4.69, 9.17) is 4.42 Å². The summed E-state index contributed by atoms with van der Waals surface area (Å²) in [5.74, 6) is 0.556. The molecule has 0 saturated carbocycles. The second kappa shape index (κ2) is 4.46. The Hall–Kier alpha value is -0.770. The summed E-state index contributed by atoms with van der Waals surface area (Å²) in [7, 11) is 1.33. The number of esters is 1. The monoisotopic (exact) mass is 246 g/mol. The zero-order chi connectivity index (χ0) is 9.84. The van der Waals surface area contributed by atoms with E-state index in [0.29, 0.717) is 0 Å². The third-order valence-corrected chi connectivity index (χ3v) is 2.78. The third-order valence-electron chi connectivity index (χ3n) is 1.68. The van der Waals surface area contributed by atoms with E-state index in [0.717, 1.165) is 12.2 Å². The molecule has 13 heavy (non-hydrogen) atoms. The van der Waals surface area contributed by atoms with Gasteiger partial charge < -0.3 is 9.15 Å². The molecule has 3 nitrogen and oxygen atoms in total. The Bertz CT molecular complexity index is 293. The van der Waals surface area contributed by atoms with Crippen LogP contribution >= 0.6 is 15.9 Å². The zero-order valence-electron chi connectivity index (χ0n) is 7.54. The maximum absolute atomic E-state index is 11.0. The van der Waals surface area contributed by atoms with E-state index < -0.39 is 5.97 Å². The van der Waals surface area contributed by atoms with Crippen LogP contribution in [0.4, 0.5) is 0 Å². The number of hydrogen-bond acceptors (Lipinski definition) is 3. The summed E-state index contributed by atoms with van der Waals surface area (Å²) in [6.45, 7) is 2.03.